The summed E-state index contributed by atoms with van der Waals surface area (Å²) in [5, 5.41) is 9.92. The normalized spacial score (nSPS) is 19.4. The second kappa shape index (κ2) is 5.63. The van der Waals surface area contributed by atoms with Crippen LogP contribution in [-0.2, 0) is 16.1 Å². The molecule has 1 aliphatic rings. The number of amides is 2. The number of anilines is 1. The highest BCUT2D eigenvalue weighted by atomic mass is 16.2. The first-order valence-electron chi connectivity index (χ1n) is 5.97. The predicted octanol–water partition coefficient (Wildman–Crippen LogP) is -0.694. The number of hydrogen-bond donors (Lipinski definition) is 3. The summed E-state index contributed by atoms with van der Waals surface area (Å²) in [7, 11) is 0. The zero-order valence-corrected chi connectivity index (χ0v) is 10.1. The van der Waals surface area contributed by atoms with E-state index in [9.17, 15) is 9.59 Å². The fraction of sp³-hybridized carbons (Fsp3) is 0.545. The standard InChI is InChI=1S/C11H17N5O2/c12-10(17)7-16-6-9(5-14-16)15-11(18)8-2-1-3-13-4-8/h5-6,8,13H,1-4,7H2,(H2,12,17)(H,15,18)/t8-/m1/s1. The van der Waals surface area contributed by atoms with Gasteiger partial charge in [-0.3, -0.25) is 14.3 Å². The highest BCUT2D eigenvalue weighted by Crippen LogP contribution is 2.13. The van der Waals surface area contributed by atoms with Crippen LogP contribution in [0.2, 0.25) is 0 Å². The van der Waals surface area contributed by atoms with E-state index in [0.29, 0.717) is 12.2 Å². The Morgan fingerprint density at radius 2 is 2.44 bits per heavy atom. The summed E-state index contributed by atoms with van der Waals surface area (Å²) >= 11 is 0. The van der Waals surface area contributed by atoms with Crippen molar-refractivity contribution in [3.05, 3.63) is 12.4 Å². The fourth-order valence-electron chi connectivity index (χ4n) is 1.99. The summed E-state index contributed by atoms with van der Waals surface area (Å²) in [6.07, 6.45) is 5.02. The lowest BCUT2D eigenvalue weighted by molar-refractivity contribution is -0.120. The third-order valence-corrected chi connectivity index (χ3v) is 2.89. The van der Waals surface area contributed by atoms with Gasteiger partial charge in [0.05, 0.1) is 17.8 Å². The minimum atomic E-state index is -0.465. The van der Waals surface area contributed by atoms with Crippen molar-refractivity contribution in [3.8, 4) is 0 Å². The van der Waals surface area contributed by atoms with Gasteiger partial charge in [-0.2, -0.15) is 5.10 Å². The molecule has 1 aliphatic heterocycles. The lowest BCUT2D eigenvalue weighted by Crippen LogP contribution is -2.37. The molecule has 7 heteroatoms. The van der Waals surface area contributed by atoms with E-state index in [0.717, 1.165) is 19.4 Å². The smallest absolute Gasteiger partial charge is 0.239 e. The SMILES string of the molecule is NC(=O)Cn1cc(NC(=O)[C@@H]2CCCNC2)cn1. The highest BCUT2D eigenvalue weighted by Gasteiger charge is 2.21. The van der Waals surface area contributed by atoms with Crippen LogP contribution in [0.1, 0.15) is 12.8 Å². The number of aromatic nitrogens is 2. The quantitative estimate of drug-likeness (QED) is 0.659. The molecule has 18 heavy (non-hydrogen) atoms. The summed E-state index contributed by atoms with van der Waals surface area (Å²) in [5.74, 6) is -0.480. The minimum absolute atomic E-state index is 0.00163. The molecule has 0 aromatic carbocycles. The molecule has 2 heterocycles. The molecule has 0 spiro atoms. The number of nitrogens with zero attached hydrogens (tertiary/aromatic N) is 2. The van der Waals surface area contributed by atoms with E-state index in [2.05, 4.69) is 15.7 Å². The molecule has 4 N–H and O–H groups in total. The zero-order valence-electron chi connectivity index (χ0n) is 10.1. The number of piperidine rings is 1. The molecule has 1 aromatic heterocycles. The average molecular weight is 251 g/mol. The van der Waals surface area contributed by atoms with Crippen LogP contribution in [0.3, 0.4) is 0 Å². The molecular formula is C11H17N5O2. The summed E-state index contributed by atoms with van der Waals surface area (Å²) in [5.41, 5.74) is 5.65. The van der Waals surface area contributed by atoms with Gasteiger partial charge in [0.15, 0.2) is 0 Å². The van der Waals surface area contributed by atoms with Gasteiger partial charge in [0.1, 0.15) is 6.54 Å². The first-order chi connectivity index (χ1) is 8.65. The van der Waals surface area contributed by atoms with Crippen LogP contribution in [0, 0.1) is 5.92 Å². The van der Waals surface area contributed by atoms with Crippen molar-refractivity contribution < 1.29 is 9.59 Å². The van der Waals surface area contributed by atoms with Gasteiger partial charge in [0, 0.05) is 12.7 Å². The lowest BCUT2D eigenvalue weighted by atomic mass is 9.99. The van der Waals surface area contributed by atoms with Crippen molar-refractivity contribution in [3.63, 3.8) is 0 Å². The van der Waals surface area contributed by atoms with Crippen molar-refractivity contribution in [2.24, 2.45) is 11.7 Å². The van der Waals surface area contributed by atoms with Crippen molar-refractivity contribution >= 4 is 17.5 Å². The largest absolute Gasteiger partial charge is 0.368 e. The van der Waals surface area contributed by atoms with Gasteiger partial charge in [-0.25, -0.2) is 0 Å². The maximum absolute atomic E-state index is 11.9. The number of hydrogen-bond acceptors (Lipinski definition) is 4. The number of nitrogens with one attached hydrogen (secondary N) is 2. The number of carbonyl (C=O) groups is 2. The number of rotatable bonds is 4. The Morgan fingerprint density at radius 3 is 3.11 bits per heavy atom. The van der Waals surface area contributed by atoms with Gasteiger partial charge in [0.2, 0.25) is 11.8 Å². The van der Waals surface area contributed by atoms with E-state index < -0.39 is 5.91 Å². The average Bonchev–Trinajstić information content (AvgIpc) is 2.76. The maximum atomic E-state index is 11.9. The Balaban J connectivity index is 1.90. The first-order valence-corrected chi connectivity index (χ1v) is 5.97. The van der Waals surface area contributed by atoms with E-state index in [1.165, 1.54) is 10.9 Å². The first kappa shape index (κ1) is 12.6. The molecule has 1 saturated heterocycles. The van der Waals surface area contributed by atoms with Crippen molar-refractivity contribution in [2.75, 3.05) is 18.4 Å². The molecule has 1 atom stereocenters. The molecule has 1 fully saturated rings. The summed E-state index contributed by atoms with van der Waals surface area (Å²) in [6.45, 7) is 1.70. The monoisotopic (exact) mass is 251 g/mol. The molecule has 2 rings (SSSR count). The van der Waals surface area contributed by atoms with E-state index in [4.69, 9.17) is 5.73 Å². The Morgan fingerprint density at radius 1 is 1.61 bits per heavy atom. The molecule has 0 radical (unpaired) electrons. The van der Waals surface area contributed by atoms with Crippen LogP contribution in [0.5, 0.6) is 0 Å². The molecule has 0 bridgehead atoms. The van der Waals surface area contributed by atoms with E-state index in [-0.39, 0.29) is 18.4 Å². The van der Waals surface area contributed by atoms with E-state index >= 15 is 0 Å². The molecule has 0 saturated carbocycles. The van der Waals surface area contributed by atoms with Gasteiger partial charge < -0.3 is 16.4 Å². The Hall–Kier alpha value is -1.89. The zero-order chi connectivity index (χ0) is 13.0. The Labute approximate surface area is 105 Å². The van der Waals surface area contributed by atoms with Crippen molar-refractivity contribution in [1.82, 2.24) is 15.1 Å². The maximum Gasteiger partial charge on any atom is 0.239 e. The van der Waals surface area contributed by atoms with Crippen molar-refractivity contribution in [1.29, 1.82) is 0 Å². The van der Waals surface area contributed by atoms with Gasteiger partial charge >= 0.3 is 0 Å². The third kappa shape index (κ3) is 3.30. The third-order valence-electron chi connectivity index (χ3n) is 2.89. The van der Waals surface area contributed by atoms with Crippen LogP contribution in [-0.4, -0.2) is 34.7 Å². The summed E-state index contributed by atoms with van der Waals surface area (Å²) in [4.78, 5) is 22.6. The molecule has 0 unspecified atom stereocenters. The molecular weight excluding hydrogens is 234 g/mol. The highest BCUT2D eigenvalue weighted by molar-refractivity contribution is 5.92. The predicted molar refractivity (Wildman–Crippen MR) is 65.6 cm³/mol. The van der Waals surface area contributed by atoms with Crippen molar-refractivity contribution in [2.45, 2.75) is 19.4 Å². The number of primary amides is 1. The Bertz CT molecular complexity index is 436. The Kier molecular flexibility index (Phi) is 3.93. The second-order valence-electron chi connectivity index (χ2n) is 4.43. The van der Waals surface area contributed by atoms with Gasteiger partial charge in [0.25, 0.3) is 0 Å². The molecule has 2 amide bonds. The van der Waals surface area contributed by atoms with Crippen LogP contribution >= 0.6 is 0 Å². The molecule has 1 aromatic rings. The molecule has 0 aliphatic carbocycles. The molecule has 7 nitrogen and oxygen atoms in total. The second-order valence-corrected chi connectivity index (χ2v) is 4.43. The van der Waals surface area contributed by atoms with Crippen LogP contribution in [0.4, 0.5) is 5.69 Å². The van der Waals surface area contributed by atoms with E-state index in [1.807, 2.05) is 0 Å². The van der Waals surface area contributed by atoms with Gasteiger partial charge in [-0.05, 0) is 19.4 Å². The summed E-state index contributed by atoms with van der Waals surface area (Å²) in [6, 6.07) is 0. The van der Waals surface area contributed by atoms with Crippen LogP contribution in [0.15, 0.2) is 12.4 Å². The van der Waals surface area contributed by atoms with Gasteiger partial charge in [-0.15, -0.1) is 0 Å². The van der Waals surface area contributed by atoms with Gasteiger partial charge in [-0.1, -0.05) is 0 Å². The van der Waals surface area contributed by atoms with E-state index in [1.54, 1.807) is 6.20 Å². The lowest BCUT2D eigenvalue weighted by Gasteiger charge is -2.21. The fourth-order valence-corrected chi connectivity index (χ4v) is 1.99. The minimum Gasteiger partial charge on any atom is -0.368 e. The number of carbonyl (C=O) groups excluding carboxylic acids is 2. The topological polar surface area (TPSA) is 102 Å². The van der Waals surface area contributed by atoms with Crippen LogP contribution < -0.4 is 16.4 Å². The van der Waals surface area contributed by atoms with Crippen LogP contribution in [0.25, 0.3) is 0 Å². The number of nitrogens with two attached hydrogens (primary N) is 1. The summed E-state index contributed by atoms with van der Waals surface area (Å²) < 4.78 is 1.40. The molecule has 98 valence electrons.